The molecule has 7 heteroatoms. The Morgan fingerprint density at radius 2 is 2.04 bits per heavy atom. The highest BCUT2D eigenvalue weighted by Gasteiger charge is 2.08. The number of carbonyl (C=O) groups is 1. The van der Waals surface area contributed by atoms with Crippen LogP contribution in [0.5, 0.6) is 5.88 Å². The molecule has 0 atom stereocenters. The van der Waals surface area contributed by atoms with E-state index < -0.39 is 0 Å². The summed E-state index contributed by atoms with van der Waals surface area (Å²) < 4.78 is 6.50. The maximum absolute atomic E-state index is 12.1. The zero-order valence-corrected chi connectivity index (χ0v) is 13.1. The Labute approximate surface area is 137 Å². The predicted molar refractivity (Wildman–Crippen MR) is 88.6 cm³/mol. The van der Waals surface area contributed by atoms with E-state index in [0.717, 1.165) is 5.56 Å². The maximum Gasteiger partial charge on any atom is 0.242 e. The third-order valence-electron chi connectivity index (χ3n) is 3.55. The lowest BCUT2D eigenvalue weighted by atomic mass is 10.2. The van der Waals surface area contributed by atoms with E-state index in [1.807, 2.05) is 6.07 Å². The van der Waals surface area contributed by atoms with Gasteiger partial charge >= 0.3 is 0 Å². The number of amides is 1. The Morgan fingerprint density at radius 1 is 1.21 bits per heavy atom. The Balaban J connectivity index is 1.69. The van der Waals surface area contributed by atoms with Gasteiger partial charge in [0.25, 0.3) is 0 Å². The molecule has 1 aromatic carbocycles. The molecule has 3 rings (SSSR count). The lowest BCUT2D eigenvalue weighted by Gasteiger charge is -2.10. The molecule has 0 bridgehead atoms. The van der Waals surface area contributed by atoms with E-state index in [1.54, 1.807) is 43.6 Å². The van der Waals surface area contributed by atoms with Crippen LogP contribution < -0.4 is 15.5 Å². The molecule has 0 aliphatic rings. The summed E-state index contributed by atoms with van der Waals surface area (Å²) in [7, 11) is 1.55. The van der Waals surface area contributed by atoms with Crippen LogP contribution in [0, 0.1) is 0 Å². The van der Waals surface area contributed by atoms with Gasteiger partial charge in [-0.1, -0.05) is 18.2 Å². The van der Waals surface area contributed by atoms with Crippen molar-refractivity contribution in [3.8, 4) is 5.88 Å². The Bertz CT molecular complexity index is 919. The molecule has 0 saturated heterocycles. The number of nitrogens with one attached hydrogen (secondary N) is 1. The van der Waals surface area contributed by atoms with Gasteiger partial charge in [-0.2, -0.15) is 5.10 Å². The first-order valence-corrected chi connectivity index (χ1v) is 7.38. The first-order valence-electron chi connectivity index (χ1n) is 7.38. The van der Waals surface area contributed by atoms with Gasteiger partial charge in [0.2, 0.25) is 17.2 Å². The predicted octanol–water partition coefficient (Wildman–Crippen LogP) is 1.12. The normalized spacial score (nSPS) is 10.5. The molecule has 0 fully saturated rings. The minimum atomic E-state index is -0.202. The second kappa shape index (κ2) is 6.91. The Kier molecular flexibility index (Phi) is 4.51. The fourth-order valence-corrected chi connectivity index (χ4v) is 2.32. The van der Waals surface area contributed by atoms with E-state index in [1.165, 1.54) is 10.9 Å². The number of para-hydroxylation sites is 1. The van der Waals surface area contributed by atoms with Crippen molar-refractivity contribution in [3.05, 3.63) is 64.6 Å². The molecule has 2 aromatic heterocycles. The van der Waals surface area contributed by atoms with Gasteiger partial charge < -0.3 is 10.1 Å². The van der Waals surface area contributed by atoms with Crippen LogP contribution in [0.1, 0.15) is 5.56 Å². The van der Waals surface area contributed by atoms with Gasteiger partial charge in [0.1, 0.15) is 6.54 Å². The molecule has 122 valence electrons. The Hall–Kier alpha value is -3.22. The highest BCUT2D eigenvalue weighted by molar-refractivity contribution is 5.81. The number of benzene rings is 1. The zero-order valence-electron chi connectivity index (χ0n) is 13.1. The summed E-state index contributed by atoms with van der Waals surface area (Å²) in [4.78, 5) is 28.0. The molecule has 1 N–H and O–H groups in total. The van der Waals surface area contributed by atoms with E-state index in [9.17, 15) is 9.59 Å². The van der Waals surface area contributed by atoms with Crippen molar-refractivity contribution in [2.45, 2.75) is 13.1 Å². The first-order chi connectivity index (χ1) is 11.7. The van der Waals surface area contributed by atoms with E-state index in [4.69, 9.17) is 4.74 Å². The molecular formula is C17H16N4O3. The van der Waals surface area contributed by atoms with Crippen molar-refractivity contribution < 1.29 is 9.53 Å². The van der Waals surface area contributed by atoms with Crippen LogP contribution in [0.15, 0.2) is 53.6 Å². The maximum atomic E-state index is 12.1. The van der Waals surface area contributed by atoms with Crippen LogP contribution in [-0.2, 0) is 17.9 Å². The molecule has 0 unspecified atom stereocenters. The van der Waals surface area contributed by atoms with Gasteiger partial charge in [-0.05, 0) is 17.7 Å². The number of nitrogens with zero attached hydrogens (tertiary/aromatic N) is 3. The molecule has 1 amide bonds. The SMILES string of the molecule is COc1ccc(CNC(=O)Cn2ncc(=O)c3ccccc32)cn1. The fourth-order valence-electron chi connectivity index (χ4n) is 2.32. The molecule has 0 radical (unpaired) electrons. The average Bonchev–Trinajstić information content (AvgIpc) is 2.63. The van der Waals surface area contributed by atoms with Gasteiger partial charge in [0.15, 0.2) is 0 Å². The number of aromatic nitrogens is 3. The Morgan fingerprint density at radius 3 is 2.79 bits per heavy atom. The van der Waals surface area contributed by atoms with Gasteiger partial charge in [0, 0.05) is 24.2 Å². The van der Waals surface area contributed by atoms with Crippen molar-refractivity contribution in [3.63, 3.8) is 0 Å². The highest BCUT2D eigenvalue weighted by atomic mass is 16.5. The quantitative estimate of drug-likeness (QED) is 0.760. The highest BCUT2D eigenvalue weighted by Crippen LogP contribution is 2.08. The molecule has 24 heavy (non-hydrogen) atoms. The summed E-state index contributed by atoms with van der Waals surface area (Å²) in [5, 5.41) is 7.39. The summed E-state index contributed by atoms with van der Waals surface area (Å²) in [6, 6.07) is 10.6. The van der Waals surface area contributed by atoms with Crippen LogP contribution in [0.25, 0.3) is 10.9 Å². The molecule has 7 nitrogen and oxygen atoms in total. The summed E-state index contributed by atoms with van der Waals surface area (Å²) in [5.74, 6) is 0.320. The number of pyridine rings is 1. The molecular weight excluding hydrogens is 308 g/mol. The van der Waals surface area contributed by atoms with Crippen LogP contribution >= 0.6 is 0 Å². The fraction of sp³-hybridized carbons (Fsp3) is 0.176. The summed E-state index contributed by atoms with van der Waals surface area (Å²) in [5.41, 5.74) is 1.33. The number of fused-ring (bicyclic) bond motifs is 1. The molecule has 2 heterocycles. The van der Waals surface area contributed by atoms with Crippen molar-refractivity contribution in [2.75, 3.05) is 7.11 Å². The minimum absolute atomic E-state index is 0.0321. The molecule has 0 saturated carbocycles. The van der Waals surface area contributed by atoms with Crippen molar-refractivity contribution in [1.82, 2.24) is 20.1 Å². The number of rotatable bonds is 5. The lowest BCUT2D eigenvalue weighted by Crippen LogP contribution is -2.28. The van der Waals surface area contributed by atoms with E-state index in [0.29, 0.717) is 23.3 Å². The number of hydrogen-bond donors (Lipinski definition) is 1. The molecule has 0 spiro atoms. The third-order valence-corrected chi connectivity index (χ3v) is 3.55. The number of ether oxygens (including phenoxy) is 1. The topological polar surface area (TPSA) is 86.1 Å². The van der Waals surface area contributed by atoms with Crippen LogP contribution in [0.4, 0.5) is 0 Å². The zero-order chi connectivity index (χ0) is 16.9. The monoisotopic (exact) mass is 324 g/mol. The van der Waals surface area contributed by atoms with Crippen molar-refractivity contribution in [2.24, 2.45) is 0 Å². The summed E-state index contributed by atoms with van der Waals surface area (Å²) >= 11 is 0. The largest absolute Gasteiger partial charge is 0.481 e. The van der Waals surface area contributed by atoms with E-state index >= 15 is 0 Å². The second-order valence-electron chi connectivity index (χ2n) is 5.17. The average molecular weight is 324 g/mol. The van der Waals surface area contributed by atoms with Crippen LogP contribution in [-0.4, -0.2) is 27.8 Å². The molecule has 0 aliphatic carbocycles. The molecule has 3 aromatic rings. The van der Waals surface area contributed by atoms with Crippen LogP contribution in [0.3, 0.4) is 0 Å². The van der Waals surface area contributed by atoms with Gasteiger partial charge in [0.05, 0.1) is 18.8 Å². The number of methoxy groups -OCH3 is 1. The minimum Gasteiger partial charge on any atom is -0.481 e. The van der Waals surface area contributed by atoms with Gasteiger partial charge in [-0.15, -0.1) is 0 Å². The number of carbonyl (C=O) groups excluding carboxylic acids is 1. The third kappa shape index (κ3) is 3.40. The van der Waals surface area contributed by atoms with Crippen molar-refractivity contribution >= 4 is 16.8 Å². The van der Waals surface area contributed by atoms with E-state index in [2.05, 4.69) is 15.4 Å². The van der Waals surface area contributed by atoms with Crippen molar-refractivity contribution in [1.29, 1.82) is 0 Å². The lowest BCUT2D eigenvalue weighted by molar-refractivity contribution is -0.121. The van der Waals surface area contributed by atoms with Gasteiger partial charge in [-0.3, -0.25) is 14.3 Å². The summed E-state index contributed by atoms with van der Waals surface area (Å²) in [6.45, 7) is 0.387. The van der Waals surface area contributed by atoms with E-state index in [-0.39, 0.29) is 17.9 Å². The summed E-state index contributed by atoms with van der Waals surface area (Å²) in [6.07, 6.45) is 2.87. The first kappa shape index (κ1) is 15.7. The standard InChI is InChI=1S/C17H16N4O3/c1-24-17-7-6-12(9-19-17)8-18-16(23)11-21-14-5-3-2-4-13(14)15(22)10-20-21/h2-7,9-10H,8,11H2,1H3,(H,18,23). The smallest absolute Gasteiger partial charge is 0.242 e. The number of hydrogen-bond acceptors (Lipinski definition) is 5. The second-order valence-corrected chi connectivity index (χ2v) is 5.17. The van der Waals surface area contributed by atoms with Gasteiger partial charge in [-0.25, -0.2) is 4.98 Å². The van der Waals surface area contributed by atoms with Crippen LogP contribution in [0.2, 0.25) is 0 Å². The molecule has 0 aliphatic heterocycles.